The van der Waals surface area contributed by atoms with E-state index in [1.165, 1.54) is 4.90 Å². The van der Waals surface area contributed by atoms with Crippen molar-refractivity contribution in [2.45, 2.75) is 139 Å². The number of carbonyl (C=O) groups excluding carboxylic acids is 1. The van der Waals surface area contributed by atoms with Crippen molar-refractivity contribution in [1.29, 1.82) is 0 Å². The molecule has 0 spiro atoms. The van der Waals surface area contributed by atoms with Gasteiger partial charge in [-0.1, -0.05) is 243 Å². The lowest BCUT2D eigenvalue weighted by atomic mass is 9.96. The first-order valence-corrected chi connectivity index (χ1v) is 30.7. The van der Waals surface area contributed by atoms with Gasteiger partial charge in [-0.3, -0.25) is 4.90 Å². The minimum Gasteiger partial charge on any atom is -0.445 e. The van der Waals surface area contributed by atoms with Gasteiger partial charge in [0.25, 0.3) is 0 Å². The highest BCUT2D eigenvalue weighted by Gasteiger charge is 2.56. The van der Waals surface area contributed by atoms with Crippen molar-refractivity contribution in [1.82, 2.24) is 4.90 Å². The molecule has 0 aromatic heterocycles. The molecule has 3 saturated heterocycles. The number of hydrogen-bond acceptors (Lipinski definition) is 14. The summed E-state index contributed by atoms with van der Waals surface area (Å²) in [6, 6.07) is 77.8. The van der Waals surface area contributed by atoms with E-state index in [0.29, 0.717) is 6.61 Å². The van der Waals surface area contributed by atoms with E-state index in [2.05, 4.69) is 0 Å². The summed E-state index contributed by atoms with van der Waals surface area (Å²) in [6.07, 6.45) is -12.3. The summed E-state index contributed by atoms with van der Waals surface area (Å²) in [6.45, 7) is 3.32. The van der Waals surface area contributed by atoms with E-state index in [9.17, 15) is 9.90 Å². The van der Waals surface area contributed by atoms with E-state index in [4.69, 9.17) is 56.8 Å². The van der Waals surface area contributed by atoms with Crippen molar-refractivity contribution in [2.75, 3.05) is 19.8 Å². The number of hydrogen-bond donors (Lipinski definition) is 1. The van der Waals surface area contributed by atoms with Gasteiger partial charge >= 0.3 is 6.09 Å². The van der Waals surface area contributed by atoms with Gasteiger partial charge in [-0.15, -0.1) is 0 Å². The number of carbonyl (C=O) groups is 1. The zero-order valence-corrected chi connectivity index (χ0v) is 50.1. The molecule has 0 bridgehead atoms. The predicted molar refractivity (Wildman–Crippen MR) is 333 cm³/mol. The van der Waals surface area contributed by atoms with Gasteiger partial charge in [-0.25, -0.2) is 4.79 Å². The summed E-state index contributed by atoms with van der Waals surface area (Å²) in [4.78, 5) is 15.8. The highest BCUT2D eigenvalue weighted by molar-refractivity contribution is 5.69. The zero-order valence-electron chi connectivity index (χ0n) is 50.1. The average molecular weight is 1210 g/mol. The van der Waals surface area contributed by atoms with Crippen molar-refractivity contribution in [3.63, 3.8) is 0 Å². The van der Waals surface area contributed by atoms with E-state index < -0.39 is 85.8 Å². The molecule has 3 heterocycles. The highest BCUT2D eigenvalue weighted by Crippen LogP contribution is 2.38. The Kier molecular flexibility index (Phi) is 23.3. The first-order valence-electron chi connectivity index (χ1n) is 30.7. The lowest BCUT2D eigenvalue weighted by Crippen LogP contribution is -2.66. The lowest BCUT2D eigenvalue weighted by Gasteiger charge is -2.50. The van der Waals surface area contributed by atoms with Crippen LogP contribution in [0.5, 0.6) is 0 Å². The van der Waals surface area contributed by atoms with E-state index >= 15 is 0 Å². The molecule has 0 saturated carbocycles. The average Bonchev–Trinajstić information content (AvgIpc) is 1.76. The van der Waals surface area contributed by atoms with Crippen molar-refractivity contribution in [3.05, 3.63) is 287 Å². The number of ether oxygens (including phenoxy) is 12. The normalized spacial score (nSPS) is 25.1. The molecule has 0 radical (unpaired) electrons. The quantitative estimate of drug-likeness (QED) is 0.0473. The number of aliphatic hydroxyl groups is 1. The highest BCUT2D eigenvalue weighted by atomic mass is 16.8. The van der Waals surface area contributed by atoms with Crippen molar-refractivity contribution >= 4 is 6.09 Å². The number of aliphatic hydroxyl groups excluding tert-OH is 1. The van der Waals surface area contributed by atoms with Crippen LogP contribution in [0.4, 0.5) is 4.79 Å². The third-order valence-electron chi connectivity index (χ3n) is 16.1. The molecule has 8 aromatic rings. The van der Waals surface area contributed by atoms with Crippen molar-refractivity contribution < 1.29 is 66.7 Å². The number of nitrogens with zero attached hydrogens (tertiary/aromatic N) is 1. The third-order valence-corrected chi connectivity index (χ3v) is 16.1. The number of amides is 1. The van der Waals surface area contributed by atoms with Crippen LogP contribution in [0.25, 0.3) is 0 Å². The smallest absolute Gasteiger partial charge is 0.410 e. The van der Waals surface area contributed by atoms with E-state index in [-0.39, 0.29) is 66.0 Å². The molecule has 11 rings (SSSR count). The van der Waals surface area contributed by atoms with Crippen LogP contribution in [-0.2, 0) is 110 Å². The fraction of sp³-hybridized carbons (Fsp3) is 0.338. The Labute approximate surface area is 521 Å². The van der Waals surface area contributed by atoms with Gasteiger partial charge in [0, 0.05) is 0 Å². The molecule has 3 fully saturated rings. The Bertz CT molecular complexity index is 3270. The molecule has 0 unspecified atom stereocenters. The maximum absolute atomic E-state index is 14.3. The SMILES string of the molecule is C[C@H]1O[C@@H](O[C@H]2[C@H](OCc3ccccc3)[C@@H](OCc3ccccc3)[C@@H](O[C@@H]3CN(C(=O)OCc4ccccc4)[C@H](COCc4ccccc4)[C@@H]3O)O[C@@H]2COCc2ccccc2)[C@H](OCc2ccccc2)[C@@H](OCc2ccccc2)[C@@H]1OCc1ccccc1. The fourth-order valence-corrected chi connectivity index (χ4v) is 11.4. The Morgan fingerprint density at radius 3 is 1.12 bits per heavy atom. The summed E-state index contributed by atoms with van der Waals surface area (Å²) >= 11 is 0. The van der Waals surface area contributed by atoms with Gasteiger partial charge in [0.15, 0.2) is 12.6 Å². The predicted octanol–water partition coefficient (Wildman–Crippen LogP) is 12.0. The largest absolute Gasteiger partial charge is 0.445 e. The minimum atomic E-state index is -1.27. The second-order valence-corrected chi connectivity index (χ2v) is 22.6. The minimum absolute atomic E-state index is 0.0198. The van der Waals surface area contributed by atoms with E-state index in [1.807, 2.05) is 250 Å². The van der Waals surface area contributed by atoms with Crippen LogP contribution in [0.1, 0.15) is 51.4 Å². The third kappa shape index (κ3) is 17.9. The fourth-order valence-electron chi connectivity index (χ4n) is 11.4. The van der Waals surface area contributed by atoms with Gasteiger partial charge in [0.2, 0.25) is 0 Å². The van der Waals surface area contributed by atoms with Crippen molar-refractivity contribution in [2.24, 2.45) is 0 Å². The number of likely N-dealkylation sites (tertiary alicyclic amines) is 1. The van der Waals surface area contributed by atoms with Crippen LogP contribution in [0.15, 0.2) is 243 Å². The Hall–Kier alpha value is -7.45. The Morgan fingerprint density at radius 1 is 0.393 bits per heavy atom. The molecule has 1 amide bonds. The molecule has 8 aromatic carbocycles. The zero-order chi connectivity index (χ0) is 60.8. The molecule has 15 heteroatoms. The van der Waals surface area contributed by atoms with Gasteiger partial charge in [-0.2, -0.15) is 0 Å². The number of benzene rings is 8. The molecule has 1 N–H and O–H groups in total. The Balaban J connectivity index is 0.959. The number of rotatable bonds is 29. The van der Waals surface area contributed by atoms with E-state index in [0.717, 1.165) is 44.5 Å². The van der Waals surface area contributed by atoms with Gasteiger partial charge < -0.3 is 61.9 Å². The summed E-state index contributed by atoms with van der Waals surface area (Å²) in [5.74, 6) is 0. The molecule has 89 heavy (non-hydrogen) atoms. The van der Waals surface area contributed by atoms with Crippen molar-refractivity contribution in [3.8, 4) is 0 Å². The monoisotopic (exact) mass is 1210 g/mol. The van der Waals surface area contributed by atoms with Gasteiger partial charge in [0.05, 0.1) is 78.2 Å². The molecule has 13 atom stereocenters. The van der Waals surface area contributed by atoms with E-state index in [1.54, 1.807) is 0 Å². The summed E-state index contributed by atoms with van der Waals surface area (Å²) in [5, 5.41) is 12.6. The molecule has 3 aliphatic heterocycles. The van der Waals surface area contributed by atoms with Gasteiger partial charge in [-0.05, 0) is 51.4 Å². The molecule has 15 nitrogen and oxygen atoms in total. The Morgan fingerprint density at radius 2 is 0.719 bits per heavy atom. The first kappa shape index (κ1) is 63.1. The summed E-state index contributed by atoms with van der Waals surface area (Å²) in [7, 11) is 0. The first-order chi connectivity index (χ1) is 43.9. The summed E-state index contributed by atoms with van der Waals surface area (Å²) < 4.78 is 83.2. The second-order valence-electron chi connectivity index (χ2n) is 22.6. The molecule has 3 aliphatic rings. The molecular weight excluding hydrogens is 1130 g/mol. The summed E-state index contributed by atoms with van der Waals surface area (Å²) in [5.41, 5.74) is 7.35. The maximum Gasteiger partial charge on any atom is 0.410 e. The van der Waals surface area contributed by atoms with Crippen LogP contribution < -0.4 is 0 Å². The van der Waals surface area contributed by atoms with Crippen LogP contribution in [-0.4, -0.2) is 116 Å². The lowest BCUT2D eigenvalue weighted by molar-refractivity contribution is -0.378. The van der Waals surface area contributed by atoms with Crippen LogP contribution in [0.3, 0.4) is 0 Å². The maximum atomic E-state index is 14.3. The topological polar surface area (TPSA) is 151 Å². The van der Waals surface area contributed by atoms with Crippen LogP contribution in [0.2, 0.25) is 0 Å². The van der Waals surface area contributed by atoms with Crippen LogP contribution >= 0.6 is 0 Å². The molecule has 464 valence electrons. The standard InChI is InChI=1S/C74H79NO14/c1-53-66(80-45-56-30-14-4-15-31-56)68(81-46-57-32-16-5-17-33-57)70(83-48-59-36-20-7-21-37-59)72(86-53)89-67-64(52-79-44-55-28-12-3-13-29-55)88-73(71(84-49-60-38-22-8-23-39-60)69(67)82-47-58-34-18-6-19-35-58)87-63-42-75(74(77)85-50-61-40-24-9-25-41-61)62(65(63)76)51-78-43-54-26-10-2-11-27-54/h2-41,53,62-73,76H,42-52H2,1H3/t53-,62-,63-,64-,65+,66-,67-,68+,69+,70-,71-,72+,73+/m1/s1. The van der Waals surface area contributed by atoms with Gasteiger partial charge in [0.1, 0.15) is 61.5 Å². The molecular formula is C74H79NO14. The second kappa shape index (κ2) is 32.9. The van der Waals surface area contributed by atoms with Crippen LogP contribution in [0, 0.1) is 0 Å². The molecule has 0 aliphatic carbocycles.